The summed E-state index contributed by atoms with van der Waals surface area (Å²) in [5.41, 5.74) is 0. The second-order valence-corrected chi connectivity index (χ2v) is 8.31. The van der Waals surface area contributed by atoms with Gasteiger partial charge in [-0.3, -0.25) is 4.79 Å². The van der Waals surface area contributed by atoms with Crippen LogP contribution in [0.1, 0.15) is 96.8 Å². The van der Waals surface area contributed by atoms with Crippen LogP contribution in [0, 0.1) is 0 Å². The van der Waals surface area contributed by atoms with Crippen LogP contribution in [0.5, 0.6) is 0 Å². The van der Waals surface area contributed by atoms with Gasteiger partial charge < -0.3 is 30.5 Å². The highest BCUT2D eigenvalue weighted by molar-refractivity contribution is 5.76. The van der Waals surface area contributed by atoms with Crippen molar-refractivity contribution in [2.45, 2.75) is 127 Å². The number of amides is 1. The molecule has 0 spiro atoms. The second kappa shape index (κ2) is 16.0. The summed E-state index contributed by atoms with van der Waals surface area (Å²) in [5.74, 6) is -0.283. The summed E-state index contributed by atoms with van der Waals surface area (Å²) < 4.78 is 5.03. The molecule has 29 heavy (non-hydrogen) atoms. The van der Waals surface area contributed by atoms with Crippen LogP contribution in [0.15, 0.2) is 0 Å². The number of rotatable bonds is 16. The smallest absolute Gasteiger partial charge is 0.220 e. The van der Waals surface area contributed by atoms with Gasteiger partial charge in [-0.2, -0.15) is 0 Å². The molecule has 1 heterocycles. The maximum Gasteiger partial charge on any atom is 0.220 e. The van der Waals surface area contributed by atoms with Crippen molar-refractivity contribution in [1.82, 2.24) is 5.32 Å². The number of aliphatic hydroxyl groups excluding tert-OH is 4. The molecule has 1 fully saturated rings. The van der Waals surface area contributed by atoms with E-state index in [1.165, 1.54) is 64.2 Å². The van der Waals surface area contributed by atoms with Gasteiger partial charge in [-0.25, -0.2) is 0 Å². The number of ether oxygens (including phenoxy) is 1. The van der Waals surface area contributed by atoms with Crippen molar-refractivity contribution in [3.8, 4) is 0 Å². The quantitative estimate of drug-likeness (QED) is 0.246. The van der Waals surface area contributed by atoms with E-state index in [0.717, 1.165) is 19.3 Å². The maximum absolute atomic E-state index is 12.0. The largest absolute Gasteiger partial charge is 0.394 e. The SMILES string of the molecule is CCCCCCCCCCCCCCCC(=O)N[C@@H]1[C@@H](O)[C@H](O)[C@@H](CO)O[C@H]1O. The number of carbonyl (C=O) groups is 1. The number of nitrogens with one attached hydrogen (secondary N) is 1. The van der Waals surface area contributed by atoms with E-state index in [1.54, 1.807) is 0 Å². The Bertz CT molecular complexity index is 422. The summed E-state index contributed by atoms with van der Waals surface area (Å²) in [6, 6.07) is -1.10. The fraction of sp³-hybridized carbons (Fsp3) is 0.955. The first-order valence-electron chi connectivity index (χ1n) is 11.6. The highest BCUT2D eigenvalue weighted by Gasteiger charge is 2.44. The van der Waals surface area contributed by atoms with Gasteiger partial charge in [0.05, 0.1) is 6.61 Å². The van der Waals surface area contributed by atoms with Crippen molar-refractivity contribution in [2.24, 2.45) is 0 Å². The summed E-state index contributed by atoms with van der Waals surface area (Å²) in [6.07, 6.45) is 11.1. The Morgan fingerprint density at radius 1 is 0.793 bits per heavy atom. The van der Waals surface area contributed by atoms with Crippen molar-refractivity contribution in [2.75, 3.05) is 6.61 Å². The van der Waals surface area contributed by atoms with Crippen molar-refractivity contribution in [1.29, 1.82) is 0 Å². The Kier molecular flexibility index (Phi) is 14.5. The standard InChI is InChI=1S/C22H43NO6/c1-2-3-4-5-6-7-8-9-10-11-12-13-14-15-18(25)23-19-21(27)20(26)17(16-24)29-22(19)28/h17,19-22,24,26-28H,2-16H2,1H3,(H,23,25)/t17-,19-,20-,21-,22-/m1/s1. The van der Waals surface area contributed by atoms with E-state index in [9.17, 15) is 20.1 Å². The van der Waals surface area contributed by atoms with Crippen LogP contribution in [0.2, 0.25) is 0 Å². The Morgan fingerprint density at radius 2 is 1.28 bits per heavy atom. The third-order valence-electron chi connectivity index (χ3n) is 5.74. The Balaban J connectivity index is 2.00. The molecule has 0 aliphatic carbocycles. The Hall–Kier alpha value is -0.730. The van der Waals surface area contributed by atoms with Crippen LogP contribution in [0.3, 0.4) is 0 Å². The van der Waals surface area contributed by atoms with E-state index in [2.05, 4.69) is 12.2 Å². The number of hydrogen-bond donors (Lipinski definition) is 5. The zero-order valence-corrected chi connectivity index (χ0v) is 18.1. The highest BCUT2D eigenvalue weighted by atomic mass is 16.6. The topological polar surface area (TPSA) is 119 Å². The lowest BCUT2D eigenvalue weighted by Gasteiger charge is -2.40. The normalized spacial score (nSPS) is 27.1. The van der Waals surface area contributed by atoms with E-state index in [4.69, 9.17) is 9.84 Å². The molecule has 0 aromatic carbocycles. The molecule has 1 saturated heterocycles. The van der Waals surface area contributed by atoms with Gasteiger partial charge in [-0.05, 0) is 6.42 Å². The first-order valence-corrected chi connectivity index (χ1v) is 11.6. The molecule has 1 aliphatic rings. The number of unbranched alkanes of at least 4 members (excludes halogenated alkanes) is 12. The molecule has 172 valence electrons. The lowest BCUT2D eigenvalue weighted by Crippen LogP contribution is -2.64. The predicted molar refractivity (Wildman–Crippen MR) is 112 cm³/mol. The summed E-state index contributed by atoms with van der Waals surface area (Å²) in [4.78, 5) is 12.0. The molecule has 0 bridgehead atoms. The lowest BCUT2D eigenvalue weighted by molar-refractivity contribution is -0.253. The average Bonchev–Trinajstić information content (AvgIpc) is 2.71. The summed E-state index contributed by atoms with van der Waals surface area (Å²) in [6.45, 7) is 1.72. The Morgan fingerprint density at radius 3 is 1.76 bits per heavy atom. The Labute approximate surface area is 175 Å². The van der Waals surface area contributed by atoms with Gasteiger partial charge in [0.25, 0.3) is 0 Å². The molecule has 1 rings (SSSR count). The molecule has 5 atom stereocenters. The van der Waals surface area contributed by atoms with Gasteiger partial charge >= 0.3 is 0 Å². The molecular formula is C22H43NO6. The van der Waals surface area contributed by atoms with Gasteiger partial charge in [0, 0.05) is 6.42 Å². The number of carbonyl (C=O) groups excluding carboxylic acids is 1. The van der Waals surface area contributed by atoms with Gasteiger partial charge in [0.1, 0.15) is 24.4 Å². The molecule has 5 N–H and O–H groups in total. The third kappa shape index (κ3) is 10.7. The molecule has 7 nitrogen and oxygen atoms in total. The minimum Gasteiger partial charge on any atom is -0.394 e. The first kappa shape index (κ1) is 26.3. The molecular weight excluding hydrogens is 374 g/mol. The second-order valence-electron chi connectivity index (χ2n) is 8.31. The molecule has 0 unspecified atom stereocenters. The number of hydrogen-bond acceptors (Lipinski definition) is 6. The van der Waals surface area contributed by atoms with E-state index in [1.807, 2.05) is 0 Å². The maximum atomic E-state index is 12.0. The third-order valence-corrected chi connectivity index (χ3v) is 5.74. The van der Waals surface area contributed by atoms with Gasteiger partial charge in [-0.15, -0.1) is 0 Å². The zero-order valence-electron chi connectivity index (χ0n) is 18.1. The van der Waals surface area contributed by atoms with Crippen LogP contribution in [-0.2, 0) is 9.53 Å². The van der Waals surface area contributed by atoms with Crippen molar-refractivity contribution < 1.29 is 30.0 Å². The fourth-order valence-corrected chi connectivity index (χ4v) is 3.81. The van der Waals surface area contributed by atoms with Crippen LogP contribution in [-0.4, -0.2) is 63.6 Å². The molecule has 7 heteroatoms. The molecule has 0 radical (unpaired) electrons. The van der Waals surface area contributed by atoms with E-state index < -0.39 is 37.3 Å². The van der Waals surface area contributed by atoms with Gasteiger partial charge in [-0.1, -0.05) is 84.0 Å². The lowest BCUT2D eigenvalue weighted by atomic mass is 9.97. The van der Waals surface area contributed by atoms with E-state index >= 15 is 0 Å². The highest BCUT2D eigenvalue weighted by Crippen LogP contribution is 2.20. The van der Waals surface area contributed by atoms with Crippen LogP contribution < -0.4 is 5.32 Å². The van der Waals surface area contributed by atoms with Crippen molar-refractivity contribution in [3.05, 3.63) is 0 Å². The minimum atomic E-state index is -1.46. The van der Waals surface area contributed by atoms with E-state index in [-0.39, 0.29) is 5.91 Å². The predicted octanol–water partition coefficient (Wildman–Crippen LogP) is 2.38. The minimum absolute atomic E-state index is 0.283. The van der Waals surface area contributed by atoms with Gasteiger partial charge in [0.15, 0.2) is 6.29 Å². The monoisotopic (exact) mass is 417 g/mol. The zero-order chi connectivity index (χ0) is 21.5. The molecule has 1 amide bonds. The number of aliphatic hydroxyl groups is 4. The summed E-state index contributed by atoms with van der Waals surface area (Å²) >= 11 is 0. The first-order chi connectivity index (χ1) is 14.0. The average molecular weight is 418 g/mol. The molecule has 0 saturated carbocycles. The molecule has 0 aromatic heterocycles. The van der Waals surface area contributed by atoms with Crippen LogP contribution in [0.4, 0.5) is 0 Å². The summed E-state index contributed by atoms with van der Waals surface area (Å²) in [7, 11) is 0. The van der Waals surface area contributed by atoms with E-state index in [0.29, 0.717) is 6.42 Å². The van der Waals surface area contributed by atoms with Crippen molar-refractivity contribution >= 4 is 5.91 Å². The molecule has 0 aromatic rings. The molecule has 1 aliphatic heterocycles. The van der Waals surface area contributed by atoms with Crippen LogP contribution in [0.25, 0.3) is 0 Å². The van der Waals surface area contributed by atoms with Crippen LogP contribution >= 0.6 is 0 Å². The van der Waals surface area contributed by atoms with Gasteiger partial charge in [0.2, 0.25) is 5.91 Å². The summed E-state index contributed by atoms with van der Waals surface area (Å²) in [5, 5.41) is 41.3. The fourth-order valence-electron chi connectivity index (χ4n) is 3.81. The van der Waals surface area contributed by atoms with Crippen molar-refractivity contribution in [3.63, 3.8) is 0 Å².